The van der Waals surface area contributed by atoms with Crippen molar-refractivity contribution >= 4 is 17.6 Å². The first-order valence-corrected chi connectivity index (χ1v) is 6.30. The summed E-state index contributed by atoms with van der Waals surface area (Å²) in [5, 5.41) is 19.6. The van der Waals surface area contributed by atoms with E-state index in [1.54, 1.807) is 6.92 Å². The number of nitro benzene ring substituents is 1. The molecule has 0 aliphatic carbocycles. The molecule has 112 valence electrons. The summed E-state index contributed by atoms with van der Waals surface area (Å²) in [5.41, 5.74) is -0.736. The topological polar surface area (TPSA) is 101 Å². The number of hydrogen-bond donors (Lipinski definition) is 1. The highest BCUT2D eigenvalue weighted by molar-refractivity contribution is 5.95. The zero-order valence-corrected chi connectivity index (χ0v) is 11.2. The predicted molar refractivity (Wildman–Crippen MR) is 69.3 cm³/mol. The molecule has 2 atom stereocenters. The van der Waals surface area contributed by atoms with Crippen molar-refractivity contribution in [2.24, 2.45) is 5.92 Å². The number of carboxylic acids is 1. The van der Waals surface area contributed by atoms with Gasteiger partial charge in [0.1, 0.15) is 0 Å². The van der Waals surface area contributed by atoms with Gasteiger partial charge < -0.3 is 10.0 Å². The van der Waals surface area contributed by atoms with Crippen LogP contribution in [0.2, 0.25) is 0 Å². The molecule has 2 rings (SSSR count). The highest BCUT2D eigenvalue weighted by atomic mass is 19.1. The molecule has 1 aromatic carbocycles. The summed E-state index contributed by atoms with van der Waals surface area (Å²) < 4.78 is 13.5. The molecule has 1 aliphatic rings. The zero-order valence-electron chi connectivity index (χ0n) is 11.2. The molecule has 2 unspecified atom stereocenters. The van der Waals surface area contributed by atoms with E-state index in [2.05, 4.69) is 0 Å². The standard InChI is InChI=1S/C13H13FN2O5/c1-7-9(13(18)19)4-5-15(7)12(17)8-2-3-11(16(20)21)10(14)6-8/h2-3,6-7,9H,4-5H2,1H3,(H,18,19). The fraction of sp³-hybridized carbons (Fsp3) is 0.385. The van der Waals surface area contributed by atoms with E-state index in [1.165, 1.54) is 11.0 Å². The molecule has 7 nitrogen and oxygen atoms in total. The number of carbonyl (C=O) groups is 2. The van der Waals surface area contributed by atoms with Crippen molar-refractivity contribution < 1.29 is 24.0 Å². The molecular formula is C13H13FN2O5. The van der Waals surface area contributed by atoms with E-state index in [1.807, 2.05) is 0 Å². The molecule has 1 aromatic rings. The number of halogens is 1. The average Bonchev–Trinajstić information content (AvgIpc) is 2.79. The molecule has 0 aromatic heterocycles. The normalized spacial score (nSPS) is 21.3. The summed E-state index contributed by atoms with van der Waals surface area (Å²) in [6, 6.07) is 2.40. The highest BCUT2D eigenvalue weighted by Crippen LogP contribution is 2.27. The first-order valence-electron chi connectivity index (χ1n) is 6.30. The Bertz CT molecular complexity index is 619. The van der Waals surface area contributed by atoms with Crippen LogP contribution in [-0.4, -0.2) is 39.4 Å². The van der Waals surface area contributed by atoms with Gasteiger partial charge in [-0.2, -0.15) is 4.39 Å². The number of nitro groups is 1. The Kier molecular flexibility index (Phi) is 3.88. The molecule has 21 heavy (non-hydrogen) atoms. The fourth-order valence-corrected chi connectivity index (χ4v) is 2.51. The third kappa shape index (κ3) is 2.69. The third-order valence-electron chi connectivity index (χ3n) is 3.72. The zero-order chi connectivity index (χ0) is 15.7. The van der Waals surface area contributed by atoms with E-state index in [9.17, 15) is 24.1 Å². The Morgan fingerprint density at radius 3 is 2.62 bits per heavy atom. The minimum atomic E-state index is -1.09. The van der Waals surface area contributed by atoms with Crippen LogP contribution >= 0.6 is 0 Å². The molecule has 1 saturated heterocycles. The predicted octanol–water partition coefficient (Wildman–Crippen LogP) is 1.67. The number of rotatable bonds is 3. The molecule has 0 saturated carbocycles. The van der Waals surface area contributed by atoms with Crippen molar-refractivity contribution in [3.8, 4) is 0 Å². The van der Waals surface area contributed by atoms with Crippen LogP contribution in [0.15, 0.2) is 18.2 Å². The second kappa shape index (κ2) is 5.47. The Hall–Kier alpha value is -2.51. The van der Waals surface area contributed by atoms with Crippen molar-refractivity contribution in [1.82, 2.24) is 4.90 Å². The molecule has 0 bridgehead atoms. The lowest BCUT2D eigenvalue weighted by Crippen LogP contribution is -2.37. The van der Waals surface area contributed by atoms with Crippen LogP contribution in [0.1, 0.15) is 23.7 Å². The number of nitrogens with zero attached hydrogens (tertiary/aromatic N) is 2. The summed E-state index contributed by atoms with van der Waals surface area (Å²) in [7, 11) is 0. The summed E-state index contributed by atoms with van der Waals surface area (Å²) in [6.07, 6.45) is 0.331. The van der Waals surface area contributed by atoms with E-state index < -0.39 is 40.3 Å². The second-order valence-electron chi connectivity index (χ2n) is 4.90. The van der Waals surface area contributed by atoms with Gasteiger partial charge in [0.2, 0.25) is 5.82 Å². The van der Waals surface area contributed by atoms with Crippen LogP contribution in [0.3, 0.4) is 0 Å². The maximum absolute atomic E-state index is 13.5. The van der Waals surface area contributed by atoms with Gasteiger partial charge in [-0.25, -0.2) is 0 Å². The Morgan fingerprint density at radius 2 is 2.14 bits per heavy atom. The molecular weight excluding hydrogens is 283 g/mol. The minimum absolute atomic E-state index is 0.0315. The summed E-state index contributed by atoms with van der Waals surface area (Å²) in [5.74, 6) is -3.25. The van der Waals surface area contributed by atoms with Crippen molar-refractivity contribution in [2.75, 3.05) is 6.54 Å². The number of carboxylic acid groups (broad SMARTS) is 1. The molecule has 8 heteroatoms. The van der Waals surface area contributed by atoms with E-state index in [0.717, 1.165) is 12.1 Å². The fourth-order valence-electron chi connectivity index (χ4n) is 2.51. The lowest BCUT2D eigenvalue weighted by molar-refractivity contribution is -0.387. The van der Waals surface area contributed by atoms with Gasteiger partial charge >= 0.3 is 11.7 Å². The van der Waals surface area contributed by atoms with Crippen molar-refractivity contribution in [3.63, 3.8) is 0 Å². The summed E-state index contributed by atoms with van der Waals surface area (Å²) in [6.45, 7) is 1.88. The number of amides is 1. The molecule has 1 amide bonds. The average molecular weight is 296 g/mol. The number of aliphatic carboxylic acids is 1. The number of hydrogen-bond acceptors (Lipinski definition) is 4. The third-order valence-corrected chi connectivity index (χ3v) is 3.72. The van der Waals surface area contributed by atoms with Crippen LogP contribution in [0.25, 0.3) is 0 Å². The van der Waals surface area contributed by atoms with Gasteiger partial charge in [-0.15, -0.1) is 0 Å². The second-order valence-corrected chi connectivity index (χ2v) is 4.90. The van der Waals surface area contributed by atoms with E-state index in [4.69, 9.17) is 5.11 Å². The van der Waals surface area contributed by atoms with Crippen LogP contribution < -0.4 is 0 Å². The monoisotopic (exact) mass is 296 g/mol. The van der Waals surface area contributed by atoms with E-state index in [0.29, 0.717) is 6.42 Å². The molecule has 1 N–H and O–H groups in total. The maximum atomic E-state index is 13.5. The van der Waals surface area contributed by atoms with Gasteiger partial charge in [0.25, 0.3) is 5.91 Å². The molecule has 1 aliphatic heterocycles. The van der Waals surface area contributed by atoms with Crippen LogP contribution in [0, 0.1) is 21.8 Å². The largest absolute Gasteiger partial charge is 0.481 e. The lowest BCUT2D eigenvalue weighted by Gasteiger charge is -2.23. The number of carbonyl (C=O) groups excluding carboxylic acids is 1. The quantitative estimate of drug-likeness (QED) is 0.675. The Balaban J connectivity index is 2.23. The first-order chi connectivity index (χ1) is 9.82. The van der Waals surface area contributed by atoms with Crippen LogP contribution in [0.5, 0.6) is 0 Å². The van der Waals surface area contributed by atoms with Crippen LogP contribution in [0.4, 0.5) is 10.1 Å². The van der Waals surface area contributed by atoms with Crippen molar-refractivity contribution in [1.29, 1.82) is 0 Å². The van der Waals surface area contributed by atoms with E-state index >= 15 is 0 Å². The minimum Gasteiger partial charge on any atom is -0.481 e. The Morgan fingerprint density at radius 1 is 1.48 bits per heavy atom. The van der Waals surface area contributed by atoms with Gasteiger partial charge in [0.15, 0.2) is 0 Å². The van der Waals surface area contributed by atoms with Gasteiger partial charge in [0, 0.05) is 24.2 Å². The summed E-state index contributed by atoms with van der Waals surface area (Å²) in [4.78, 5) is 34.3. The number of benzene rings is 1. The first kappa shape index (κ1) is 14.9. The highest BCUT2D eigenvalue weighted by Gasteiger charge is 2.38. The van der Waals surface area contributed by atoms with Gasteiger partial charge in [-0.3, -0.25) is 19.7 Å². The van der Waals surface area contributed by atoms with Crippen LogP contribution in [-0.2, 0) is 4.79 Å². The maximum Gasteiger partial charge on any atom is 0.308 e. The SMILES string of the molecule is CC1C(C(=O)O)CCN1C(=O)c1ccc([N+](=O)[O-])c(F)c1. The van der Waals surface area contributed by atoms with E-state index in [-0.39, 0.29) is 12.1 Å². The number of likely N-dealkylation sites (tertiary alicyclic amines) is 1. The lowest BCUT2D eigenvalue weighted by atomic mass is 10.0. The van der Waals surface area contributed by atoms with Crippen molar-refractivity contribution in [3.05, 3.63) is 39.7 Å². The molecule has 1 heterocycles. The van der Waals surface area contributed by atoms with Gasteiger partial charge in [-0.05, 0) is 25.5 Å². The molecule has 0 radical (unpaired) electrons. The molecule has 0 spiro atoms. The van der Waals surface area contributed by atoms with Gasteiger partial charge in [0.05, 0.1) is 10.8 Å². The smallest absolute Gasteiger partial charge is 0.308 e. The Labute approximate surface area is 119 Å². The van der Waals surface area contributed by atoms with Crippen molar-refractivity contribution in [2.45, 2.75) is 19.4 Å². The molecule has 1 fully saturated rings. The van der Waals surface area contributed by atoms with Gasteiger partial charge in [-0.1, -0.05) is 0 Å². The summed E-state index contributed by atoms with van der Waals surface area (Å²) >= 11 is 0.